The molecule has 3 aromatic carbocycles. The van der Waals surface area contributed by atoms with Crippen molar-refractivity contribution in [1.82, 2.24) is 5.32 Å². The van der Waals surface area contributed by atoms with Crippen LogP contribution in [0.2, 0.25) is 5.02 Å². The molecule has 0 aliphatic heterocycles. The van der Waals surface area contributed by atoms with E-state index in [9.17, 15) is 14.9 Å². The van der Waals surface area contributed by atoms with Crippen molar-refractivity contribution < 1.29 is 9.72 Å². The average Bonchev–Trinajstić information content (AvgIpc) is 2.74. The van der Waals surface area contributed by atoms with Crippen molar-refractivity contribution in [3.05, 3.63) is 105 Å². The number of anilines is 1. The van der Waals surface area contributed by atoms with Crippen molar-refractivity contribution in [3.63, 3.8) is 0 Å². The molecule has 0 saturated heterocycles. The standard InChI is InChI=1S/C22H20ClN3O3/c1-15(16-8-4-2-5-9-16)24-21(17-10-6-3-7-11-17)22(27)25-18-12-13-19(23)20(14-18)26(28)29/h2-15,21,24H,1H3,(H,25,27)/t15-,21+/m1/s1. The number of carbonyl (C=O) groups excluding carboxylic acids is 1. The molecule has 0 heterocycles. The van der Waals surface area contributed by atoms with Gasteiger partial charge in [-0.25, -0.2) is 0 Å². The van der Waals surface area contributed by atoms with Crippen molar-refractivity contribution in [2.75, 3.05) is 5.32 Å². The van der Waals surface area contributed by atoms with Crippen LogP contribution < -0.4 is 10.6 Å². The van der Waals surface area contributed by atoms with Crippen LogP contribution in [-0.4, -0.2) is 10.8 Å². The molecule has 148 valence electrons. The Morgan fingerprint density at radius 2 is 1.55 bits per heavy atom. The normalized spacial score (nSPS) is 12.8. The second kappa shape index (κ2) is 9.32. The highest BCUT2D eigenvalue weighted by atomic mass is 35.5. The van der Waals surface area contributed by atoms with Crippen LogP contribution in [0.1, 0.15) is 30.1 Å². The van der Waals surface area contributed by atoms with E-state index in [0.717, 1.165) is 11.1 Å². The number of nitrogens with zero attached hydrogens (tertiary/aromatic N) is 1. The number of benzene rings is 3. The van der Waals surface area contributed by atoms with Gasteiger partial charge in [-0.15, -0.1) is 0 Å². The third-order valence-electron chi connectivity index (χ3n) is 4.52. The summed E-state index contributed by atoms with van der Waals surface area (Å²) < 4.78 is 0. The van der Waals surface area contributed by atoms with Crippen LogP contribution in [0.15, 0.2) is 78.9 Å². The lowest BCUT2D eigenvalue weighted by Crippen LogP contribution is -2.34. The van der Waals surface area contributed by atoms with Crippen molar-refractivity contribution in [3.8, 4) is 0 Å². The molecule has 7 heteroatoms. The van der Waals surface area contributed by atoms with E-state index in [4.69, 9.17) is 11.6 Å². The van der Waals surface area contributed by atoms with Gasteiger partial charge in [0.2, 0.25) is 5.91 Å². The Kier molecular flexibility index (Phi) is 6.59. The van der Waals surface area contributed by atoms with E-state index in [1.807, 2.05) is 67.6 Å². The first-order valence-corrected chi connectivity index (χ1v) is 9.44. The Labute approximate surface area is 173 Å². The van der Waals surface area contributed by atoms with E-state index in [2.05, 4.69) is 10.6 Å². The summed E-state index contributed by atoms with van der Waals surface area (Å²) in [5.41, 5.74) is 1.88. The van der Waals surface area contributed by atoms with E-state index in [0.29, 0.717) is 5.69 Å². The van der Waals surface area contributed by atoms with Crippen LogP contribution >= 0.6 is 11.6 Å². The molecule has 0 spiro atoms. The molecule has 0 aliphatic rings. The van der Waals surface area contributed by atoms with E-state index >= 15 is 0 Å². The number of carbonyl (C=O) groups is 1. The topological polar surface area (TPSA) is 84.3 Å². The molecular weight excluding hydrogens is 390 g/mol. The summed E-state index contributed by atoms with van der Waals surface area (Å²) in [5, 5.41) is 17.2. The first-order valence-electron chi connectivity index (χ1n) is 9.06. The molecule has 2 atom stereocenters. The quantitative estimate of drug-likeness (QED) is 0.410. The number of hydrogen-bond donors (Lipinski definition) is 2. The van der Waals surface area contributed by atoms with E-state index in [-0.39, 0.29) is 22.7 Å². The fourth-order valence-corrected chi connectivity index (χ4v) is 3.19. The predicted octanol–water partition coefficient (Wildman–Crippen LogP) is 5.28. The number of halogens is 1. The summed E-state index contributed by atoms with van der Waals surface area (Å²) in [7, 11) is 0. The summed E-state index contributed by atoms with van der Waals surface area (Å²) in [4.78, 5) is 23.6. The highest BCUT2D eigenvalue weighted by Gasteiger charge is 2.24. The zero-order chi connectivity index (χ0) is 20.8. The Morgan fingerprint density at radius 3 is 2.14 bits per heavy atom. The number of hydrogen-bond acceptors (Lipinski definition) is 4. The molecular formula is C22H20ClN3O3. The Hall–Kier alpha value is -3.22. The third-order valence-corrected chi connectivity index (χ3v) is 4.84. The maximum Gasteiger partial charge on any atom is 0.289 e. The fraction of sp³-hybridized carbons (Fsp3) is 0.136. The number of amides is 1. The molecule has 0 bridgehead atoms. The molecule has 0 fully saturated rings. The maximum absolute atomic E-state index is 13.1. The van der Waals surface area contributed by atoms with Gasteiger partial charge >= 0.3 is 0 Å². The Morgan fingerprint density at radius 1 is 0.966 bits per heavy atom. The minimum absolute atomic E-state index is 0.0171. The lowest BCUT2D eigenvalue weighted by atomic mass is 10.0. The molecule has 0 unspecified atom stereocenters. The highest BCUT2D eigenvalue weighted by molar-refractivity contribution is 6.32. The summed E-state index contributed by atoms with van der Waals surface area (Å²) in [6.07, 6.45) is 0. The van der Waals surface area contributed by atoms with Crippen LogP contribution in [0.4, 0.5) is 11.4 Å². The summed E-state index contributed by atoms with van der Waals surface area (Å²) in [6.45, 7) is 1.98. The molecule has 1 amide bonds. The molecule has 29 heavy (non-hydrogen) atoms. The van der Waals surface area contributed by atoms with Crippen LogP contribution in [0.3, 0.4) is 0 Å². The molecule has 0 aromatic heterocycles. The van der Waals surface area contributed by atoms with Crippen molar-refractivity contribution in [2.45, 2.75) is 19.0 Å². The van der Waals surface area contributed by atoms with Gasteiger partial charge in [-0.05, 0) is 30.2 Å². The minimum Gasteiger partial charge on any atom is -0.324 e. The summed E-state index contributed by atoms with van der Waals surface area (Å²) in [5.74, 6) is -0.324. The third kappa shape index (κ3) is 5.19. The average molecular weight is 410 g/mol. The van der Waals surface area contributed by atoms with Crippen LogP contribution in [0.25, 0.3) is 0 Å². The molecule has 2 N–H and O–H groups in total. The van der Waals surface area contributed by atoms with Gasteiger partial charge in [0.05, 0.1) is 4.92 Å². The second-order valence-corrected chi connectivity index (χ2v) is 6.96. The first kappa shape index (κ1) is 20.5. The smallest absolute Gasteiger partial charge is 0.289 e. The molecule has 6 nitrogen and oxygen atoms in total. The molecule has 3 aromatic rings. The largest absolute Gasteiger partial charge is 0.324 e. The monoisotopic (exact) mass is 409 g/mol. The zero-order valence-corrected chi connectivity index (χ0v) is 16.5. The number of nitrogens with one attached hydrogen (secondary N) is 2. The fourth-order valence-electron chi connectivity index (χ4n) is 3.00. The van der Waals surface area contributed by atoms with E-state index < -0.39 is 11.0 Å². The van der Waals surface area contributed by atoms with Gasteiger partial charge in [-0.2, -0.15) is 0 Å². The van der Waals surface area contributed by atoms with Crippen molar-refractivity contribution >= 4 is 28.9 Å². The van der Waals surface area contributed by atoms with Gasteiger partial charge in [-0.1, -0.05) is 72.3 Å². The van der Waals surface area contributed by atoms with Gasteiger partial charge < -0.3 is 5.32 Å². The summed E-state index contributed by atoms with van der Waals surface area (Å²) in [6, 6.07) is 22.6. The number of rotatable bonds is 7. The Bertz CT molecular complexity index is 997. The highest BCUT2D eigenvalue weighted by Crippen LogP contribution is 2.28. The first-order chi connectivity index (χ1) is 14.0. The molecule has 0 radical (unpaired) electrons. The van der Waals surface area contributed by atoms with Crippen molar-refractivity contribution in [2.24, 2.45) is 0 Å². The molecule has 0 saturated carbocycles. The van der Waals surface area contributed by atoms with Crippen LogP contribution in [0, 0.1) is 10.1 Å². The minimum atomic E-state index is -0.652. The van der Waals surface area contributed by atoms with E-state index in [1.165, 1.54) is 18.2 Å². The number of nitro groups is 1. The van der Waals surface area contributed by atoms with E-state index in [1.54, 1.807) is 0 Å². The molecule has 3 rings (SSSR count). The second-order valence-electron chi connectivity index (χ2n) is 6.56. The van der Waals surface area contributed by atoms with Gasteiger partial charge in [-0.3, -0.25) is 20.2 Å². The van der Waals surface area contributed by atoms with Crippen molar-refractivity contribution in [1.29, 1.82) is 0 Å². The molecule has 0 aliphatic carbocycles. The maximum atomic E-state index is 13.1. The Balaban J connectivity index is 1.85. The van der Waals surface area contributed by atoms with Gasteiger partial charge in [0.15, 0.2) is 0 Å². The van der Waals surface area contributed by atoms with Crippen LogP contribution in [-0.2, 0) is 4.79 Å². The zero-order valence-electron chi connectivity index (χ0n) is 15.7. The van der Waals surface area contributed by atoms with Gasteiger partial charge in [0, 0.05) is 17.8 Å². The lowest BCUT2D eigenvalue weighted by molar-refractivity contribution is -0.384. The lowest BCUT2D eigenvalue weighted by Gasteiger charge is -2.23. The number of nitro benzene ring substituents is 1. The predicted molar refractivity (Wildman–Crippen MR) is 114 cm³/mol. The summed E-state index contributed by atoms with van der Waals surface area (Å²) >= 11 is 5.86. The van der Waals surface area contributed by atoms with Gasteiger partial charge in [0.25, 0.3) is 5.69 Å². The van der Waals surface area contributed by atoms with Gasteiger partial charge in [0.1, 0.15) is 11.1 Å². The SMILES string of the molecule is C[C@@H](N[C@H](C(=O)Nc1ccc(Cl)c([N+](=O)[O-])c1)c1ccccc1)c1ccccc1. The van der Waals surface area contributed by atoms with Crippen LogP contribution in [0.5, 0.6) is 0 Å².